The molecule has 0 saturated heterocycles. The maximum absolute atomic E-state index is 11.2. The molecular weight excluding hydrogens is 170 g/mol. The fourth-order valence-corrected chi connectivity index (χ4v) is 0.900. The van der Waals surface area contributed by atoms with Gasteiger partial charge in [-0.1, -0.05) is 0 Å². The molecule has 0 fully saturated rings. The van der Waals surface area contributed by atoms with E-state index in [0.29, 0.717) is 0 Å². The highest BCUT2D eigenvalue weighted by Gasteiger charge is 2.16. The Morgan fingerprint density at radius 1 is 1.69 bits per heavy atom. The Labute approximate surface area is 75.6 Å². The van der Waals surface area contributed by atoms with Crippen molar-refractivity contribution in [1.29, 1.82) is 0 Å². The van der Waals surface area contributed by atoms with Gasteiger partial charge in [-0.2, -0.15) is 0 Å². The molecule has 0 aromatic rings. The minimum Gasteiger partial charge on any atom is -0.462 e. The van der Waals surface area contributed by atoms with Crippen molar-refractivity contribution in [3.05, 3.63) is 29.6 Å². The standard InChI is InChI=1S/C9H9NO3/c1-2-13-9(12)7-4-3-5-10-8(7)6-11/h3-5,10H,2H2,1H3. The first-order chi connectivity index (χ1) is 6.29. The number of dihydropyridines is 1. The lowest BCUT2D eigenvalue weighted by Gasteiger charge is -2.09. The van der Waals surface area contributed by atoms with E-state index < -0.39 is 5.97 Å². The van der Waals surface area contributed by atoms with E-state index in [2.05, 4.69) is 5.32 Å². The third kappa shape index (κ3) is 2.07. The predicted octanol–water partition coefficient (Wildman–Crippen LogP) is 0.308. The number of carbonyl (C=O) groups is 1. The van der Waals surface area contributed by atoms with Gasteiger partial charge in [0.2, 0.25) is 0 Å². The lowest BCUT2D eigenvalue weighted by Crippen LogP contribution is -2.19. The van der Waals surface area contributed by atoms with E-state index in [4.69, 9.17) is 4.74 Å². The highest BCUT2D eigenvalue weighted by Crippen LogP contribution is 2.10. The van der Waals surface area contributed by atoms with Crippen molar-refractivity contribution >= 4 is 11.9 Å². The molecule has 1 N–H and O–H groups in total. The second kappa shape index (κ2) is 4.28. The number of nitrogens with one attached hydrogen (secondary N) is 1. The number of rotatable bonds is 2. The van der Waals surface area contributed by atoms with Gasteiger partial charge in [0.25, 0.3) is 0 Å². The number of carbonyl (C=O) groups excluding carboxylic acids is 2. The molecule has 0 radical (unpaired) electrons. The Bertz CT molecular complexity index is 322. The predicted molar refractivity (Wildman–Crippen MR) is 46.2 cm³/mol. The minimum absolute atomic E-state index is 0.112. The maximum atomic E-state index is 11.2. The zero-order valence-corrected chi connectivity index (χ0v) is 7.16. The lowest BCUT2D eigenvalue weighted by molar-refractivity contribution is -0.138. The largest absolute Gasteiger partial charge is 0.462 e. The summed E-state index contributed by atoms with van der Waals surface area (Å²) < 4.78 is 4.73. The summed E-state index contributed by atoms with van der Waals surface area (Å²) >= 11 is 0. The molecule has 1 heterocycles. The molecule has 0 spiro atoms. The first-order valence-electron chi connectivity index (χ1n) is 3.85. The molecule has 4 nitrogen and oxygen atoms in total. The van der Waals surface area contributed by atoms with E-state index in [-0.39, 0.29) is 17.9 Å². The van der Waals surface area contributed by atoms with Crippen LogP contribution in [0.15, 0.2) is 29.6 Å². The van der Waals surface area contributed by atoms with E-state index in [0.717, 1.165) is 0 Å². The molecular formula is C9H9NO3. The van der Waals surface area contributed by atoms with Crippen LogP contribution >= 0.6 is 0 Å². The average molecular weight is 179 g/mol. The Morgan fingerprint density at radius 3 is 3.08 bits per heavy atom. The Hall–Kier alpha value is -1.80. The summed E-state index contributed by atoms with van der Waals surface area (Å²) in [5.41, 5.74) is 0.320. The van der Waals surface area contributed by atoms with Crippen LogP contribution in [0.4, 0.5) is 0 Å². The number of allylic oxidation sites excluding steroid dienone is 2. The van der Waals surface area contributed by atoms with Crippen molar-refractivity contribution in [2.45, 2.75) is 6.92 Å². The summed E-state index contributed by atoms with van der Waals surface area (Å²) in [7, 11) is 0. The molecule has 68 valence electrons. The fourth-order valence-electron chi connectivity index (χ4n) is 0.900. The van der Waals surface area contributed by atoms with Crippen molar-refractivity contribution in [2.75, 3.05) is 6.61 Å². The molecule has 0 amide bonds. The molecule has 1 rings (SSSR count). The smallest absolute Gasteiger partial charge is 0.341 e. The second-order valence-electron chi connectivity index (χ2n) is 2.28. The highest BCUT2D eigenvalue weighted by atomic mass is 16.5. The fraction of sp³-hybridized carbons (Fsp3) is 0.222. The highest BCUT2D eigenvalue weighted by molar-refractivity contribution is 5.96. The first kappa shape index (κ1) is 9.29. The maximum Gasteiger partial charge on any atom is 0.341 e. The lowest BCUT2D eigenvalue weighted by atomic mass is 10.1. The van der Waals surface area contributed by atoms with Gasteiger partial charge in [0.1, 0.15) is 5.70 Å². The number of ether oxygens (including phenoxy) is 1. The molecule has 0 aromatic heterocycles. The minimum atomic E-state index is -0.516. The van der Waals surface area contributed by atoms with Crippen molar-refractivity contribution in [3.8, 4) is 0 Å². The SMILES string of the molecule is CCOC(=O)C1=CC=CNC1=C=O. The zero-order valence-electron chi connectivity index (χ0n) is 7.16. The third-order valence-electron chi connectivity index (χ3n) is 1.45. The van der Waals surface area contributed by atoms with Gasteiger partial charge in [-0.15, -0.1) is 0 Å². The van der Waals surface area contributed by atoms with Crippen LogP contribution in [0.2, 0.25) is 0 Å². The topological polar surface area (TPSA) is 55.4 Å². The van der Waals surface area contributed by atoms with Gasteiger partial charge in [-0.05, 0) is 19.1 Å². The zero-order chi connectivity index (χ0) is 9.68. The molecule has 0 atom stereocenters. The Kier molecular flexibility index (Phi) is 3.06. The molecule has 1 aliphatic heterocycles. The van der Waals surface area contributed by atoms with E-state index in [1.807, 2.05) is 0 Å². The molecule has 1 aliphatic rings. The van der Waals surface area contributed by atoms with Gasteiger partial charge in [-0.25, -0.2) is 9.59 Å². The summed E-state index contributed by atoms with van der Waals surface area (Å²) in [6.07, 6.45) is 4.67. The second-order valence-corrected chi connectivity index (χ2v) is 2.28. The van der Waals surface area contributed by atoms with E-state index in [1.165, 1.54) is 6.08 Å². The van der Waals surface area contributed by atoms with Crippen molar-refractivity contribution in [1.82, 2.24) is 5.32 Å². The van der Waals surface area contributed by atoms with Gasteiger partial charge in [0.15, 0.2) is 5.94 Å². The van der Waals surface area contributed by atoms with Gasteiger partial charge in [0.05, 0.1) is 12.2 Å². The molecule has 0 aromatic carbocycles. The van der Waals surface area contributed by atoms with Crippen LogP contribution in [0.25, 0.3) is 0 Å². The molecule has 0 bridgehead atoms. The van der Waals surface area contributed by atoms with Gasteiger partial charge < -0.3 is 10.1 Å². The molecule has 0 saturated carbocycles. The van der Waals surface area contributed by atoms with Crippen LogP contribution in [-0.2, 0) is 14.3 Å². The Balaban J connectivity index is 2.87. The third-order valence-corrected chi connectivity index (χ3v) is 1.45. The quantitative estimate of drug-likeness (QED) is 0.489. The normalized spacial score (nSPS) is 14.2. The van der Waals surface area contributed by atoms with Gasteiger partial charge in [-0.3, -0.25) is 0 Å². The molecule has 13 heavy (non-hydrogen) atoms. The molecule has 0 aliphatic carbocycles. The number of esters is 1. The van der Waals surface area contributed by atoms with Crippen molar-refractivity contribution in [3.63, 3.8) is 0 Å². The summed E-state index contributed by atoms with van der Waals surface area (Å²) in [5.74, 6) is 1.11. The van der Waals surface area contributed by atoms with E-state index >= 15 is 0 Å². The van der Waals surface area contributed by atoms with Crippen LogP contribution in [0.1, 0.15) is 6.92 Å². The van der Waals surface area contributed by atoms with Crippen molar-refractivity contribution < 1.29 is 14.3 Å². The van der Waals surface area contributed by atoms with E-state index in [9.17, 15) is 9.59 Å². The van der Waals surface area contributed by atoms with Crippen molar-refractivity contribution in [2.24, 2.45) is 0 Å². The monoisotopic (exact) mass is 179 g/mol. The Morgan fingerprint density at radius 2 is 2.46 bits per heavy atom. The summed E-state index contributed by atoms with van der Waals surface area (Å²) in [4.78, 5) is 21.6. The van der Waals surface area contributed by atoms with Crippen LogP contribution in [-0.4, -0.2) is 18.5 Å². The van der Waals surface area contributed by atoms with Crippen LogP contribution in [0, 0.1) is 0 Å². The molecule has 4 heteroatoms. The first-order valence-corrected chi connectivity index (χ1v) is 3.85. The van der Waals surface area contributed by atoms with Gasteiger partial charge in [0, 0.05) is 6.20 Å². The number of hydrogen-bond acceptors (Lipinski definition) is 4. The average Bonchev–Trinajstić information content (AvgIpc) is 2.18. The molecule has 0 unspecified atom stereocenters. The summed E-state index contributed by atoms with van der Waals surface area (Å²) in [6.45, 7) is 1.99. The van der Waals surface area contributed by atoms with Crippen LogP contribution < -0.4 is 5.32 Å². The summed E-state index contributed by atoms with van der Waals surface area (Å²) in [5, 5.41) is 2.60. The number of hydrogen-bond donors (Lipinski definition) is 1. The van der Waals surface area contributed by atoms with Crippen LogP contribution in [0.3, 0.4) is 0 Å². The van der Waals surface area contributed by atoms with E-state index in [1.54, 1.807) is 25.1 Å². The summed E-state index contributed by atoms with van der Waals surface area (Å²) in [6, 6.07) is 0. The van der Waals surface area contributed by atoms with Crippen LogP contribution in [0.5, 0.6) is 0 Å². The van der Waals surface area contributed by atoms with Gasteiger partial charge >= 0.3 is 5.97 Å².